The Labute approximate surface area is 177 Å². The van der Waals surface area contributed by atoms with E-state index in [9.17, 15) is 9.59 Å². The highest BCUT2D eigenvalue weighted by molar-refractivity contribution is 5.98. The van der Waals surface area contributed by atoms with Crippen molar-refractivity contribution < 1.29 is 28.5 Å². The predicted octanol–water partition coefficient (Wildman–Crippen LogP) is 3.40. The van der Waals surface area contributed by atoms with Crippen molar-refractivity contribution in [2.45, 2.75) is 33.2 Å². The third-order valence-electron chi connectivity index (χ3n) is 4.24. The molecule has 0 bridgehead atoms. The minimum absolute atomic E-state index is 0.298. The van der Waals surface area contributed by atoms with E-state index in [1.54, 1.807) is 12.1 Å². The summed E-state index contributed by atoms with van der Waals surface area (Å²) in [6.45, 7) is 6.76. The van der Waals surface area contributed by atoms with Crippen molar-refractivity contribution in [1.82, 2.24) is 5.32 Å². The topological polar surface area (TPSA) is 83.1 Å². The molecule has 2 aromatic rings. The van der Waals surface area contributed by atoms with E-state index in [0.29, 0.717) is 49.1 Å². The molecular formula is C23H29NO6. The van der Waals surface area contributed by atoms with Crippen LogP contribution in [0.15, 0.2) is 42.5 Å². The minimum atomic E-state index is -0.831. The summed E-state index contributed by atoms with van der Waals surface area (Å²) in [5.41, 5.74) is 1.21. The Morgan fingerprint density at radius 1 is 0.900 bits per heavy atom. The van der Waals surface area contributed by atoms with E-state index in [-0.39, 0.29) is 0 Å². The van der Waals surface area contributed by atoms with Crippen molar-refractivity contribution in [3.8, 4) is 17.2 Å². The van der Waals surface area contributed by atoms with Crippen LogP contribution in [0.4, 0.5) is 0 Å². The summed E-state index contributed by atoms with van der Waals surface area (Å²) < 4.78 is 21.9. The van der Waals surface area contributed by atoms with Crippen LogP contribution in [0.1, 0.15) is 36.7 Å². The molecule has 2 rings (SSSR count). The maximum absolute atomic E-state index is 13.0. The maximum Gasteiger partial charge on any atom is 0.328 e. The molecule has 0 radical (unpaired) electrons. The van der Waals surface area contributed by atoms with Gasteiger partial charge in [-0.25, -0.2) is 4.79 Å². The Morgan fingerprint density at radius 2 is 1.47 bits per heavy atom. The van der Waals surface area contributed by atoms with Crippen LogP contribution in [0.3, 0.4) is 0 Å². The molecule has 162 valence electrons. The second-order valence-electron chi connectivity index (χ2n) is 6.34. The van der Waals surface area contributed by atoms with Gasteiger partial charge >= 0.3 is 5.97 Å². The van der Waals surface area contributed by atoms with Crippen LogP contribution in [0, 0.1) is 0 Å². The van der Waals surface area contributed by atoms with Crippen LogP contribution >= 0.6 is 0 Å². The van der Waals surface area contributed by atoms with Crippen molar-refractivity contribution in [3.63, 3.8) is 0 Å². The van der Waals surface area contributed by atoms with Gasteiger partial charge in [-0.15, -0.1) is 0 Å². The largest absolute Gasteiger partial charge is 0.490 e. The second kappa shape index (κ2) is 11.7. The van der Waals surface area contributed by atoms with Crippen LogP contribution in [-0.2, 0) is 16.0 Å². The molecule has 1 amide bonds. The van der Waals surface area contributed by atoms with E-state index in [1.807, 2.05) is 51.1 Å². The number of ether oxygens (including phenoxy) is 4. The van der Waals surface area contributed by atoms with Gasteiger partial charge in [0.15, 0.2) is 11.5 Å². The molecule has 2 aromatic carbocycles. The molecule has 1 atom stereocenters. The lowest BCUT2D eigenvalue weighted by Crippen LogP contribution is -2.43. The molecule has 0 saturated heterocycles. The van der Waals surface area contributed by atoms with E-state index in [1.165, 1.54) is 7.11 Å². The second-order valence-corrected chi connectivity index (χ2v) is 6.34. The van der Waals surface area contributed by atoms with Gasteiger partial charge in [0.25, 0.3) is 5.91 Å². The van der Waals surface area contributed by atoms with E-state index >= 15 is 0 Å². The van der Waals surface area contributed by atoms with Gasteiger partial charge in [0.05, 0.1) is 26.9 Å². The van der Waals surface area contributed by atoms with Crippen LogP contribution in [0.2, 0.25) is 0 Å². The summed E-state index contributed by atoms with van der Waals surface area (Å²) in [5, 5.41) is 2.76. The van der Waals surface area contributed by atoms with Crippen molar-refractivity contribution >= 4 is 11.9 Å². The van der Waals surface area contributed by atoms with Gasteiger partial charge in [-0.2, -0.15) is 0 Å². The fourth-order valence-electron chi connectivity index (χ4n) is 2.95. The number of esters is 1. The number of nitrogens with one attached hydrogen (secondary N) is 1. The minimum Gasteiger partial charge on any atom is -0.490 e. The quantitative estimate of drug-likeness (QED) is 0.567. The van der Waals surface area contributed by atoms with Gasteiger partial charge in [0, 0.05) is 12.0 Å². The van der Waals surface area contributed by atoms with Gasteiger partial charge in [-0.1, -0.05) is 30.3 Å². The molecule has 0 saturated carbocycles. The monoisotopic (exact) mass is 415 g/mol. The van der Waals surface area contributed by atoms with Crippen LogP contribution < -0.4 is 19.5 Å². The zero-order chi connectivity index (χ0) is 21.9. The highest BCUT2D eigenvalue weighted by atomic mass is 16.5. The normalized spacial score (nSPS) is 11.3. The van der Waals surface area contributed by atoms with Crippen LogP contribution in [0.25, 0.3) is 0 Å². The fraction of sp³-hybridized carbons (Fsp3) is 0.391. The Kier molecular flexibility index (Phi) is 9.00. The highest BCUT2D eigenvalue weighted by Gasteiger charge is 2.24. The average molecular weight is 415 g/mol. The third kappa shape index (κ3) is 6.14. The number of amides is 1. The summed E-state index contributed by atoms with van der Waals surface area (Å²) in [7, 11) is 1.30. The predicted molar refractivity (Wildman–Crippen MR) is 113 cm³/mol. The molecule has 7 heteroatoms. The number of carbonyl (C=O) groups excluding carboxylic acids is 2. The molecule has 30 heavy (non-hydrogen) atoms. The van der Waals surface area contributed by atoms with Crippen LogP contribution in [-0.4, -0.2) is 44.8 Å². The standard InChI is InChI=1S/C23H29NO6/c1-5-28-19-14-17(15-20(29-6-2)21(19)30-7-3)22(25)24-18(23(26)27-4)13-16-11-9-8-10-12-16/h8-12,14-15,18H,5-7,13H2,1-4H3,(H,24,25)/t18-/m0/s1. The lowest BCUT2D eigenvalue weighted by molar-refractivity contribution is -0.142. The summed E-state index contributed by atoms with van der Waals surface area (Å²) in [5.74, 6) is 0.312. The fourth-order valence-corrected chi connectivity index (χ4v) is 2.95. The van der Waals surface area contributed by atoms with Crippen molar-refractivity contribution in [1.29, 1.82) is 0 Å². The van der Waals surface area contributed by atoms with E-state index in [4.69, 9.17) is 18.9 Å². The van der Waals surface area contributed by atoms with Crippen LogP contribution in [0.5, 0.6) is 17.2 Å². The Bertz CT molecular complexity index is 810. The van der Waals surface area contributed by atoms with Gasteiger partial charge in [0.2, 0.25) is 5.75 Å². The Hall–Kier alpha value is -3.22. The smallest absolute Gasteiger partial charge is 0.328 e. The zero-order valence-electron chi connectivity index (χ0n) is 17.9. The molecule has 0 aromatic heterocycles. The van der Waals surface area contributed by atoms with Gasteiger partial charge in [-0.3, -0.25) is 4.79 Å². The lowest BCUT2D eigenvalue weighted by atomic mass is 10.1. The number of rotatable bonds is 11. The average Bonchev–Trinajstić information content (AvgIpc) is 2.75. The summed E-state index contributed by atoms with van der Waals surface area (Å²) in [6.07, 6.45) is 0.312. The molecule has 0 aliphatic heterocycles. The lowest BCUT2D eigenvalue weighted by Gasteiger charge is -2.19. The first-order valence-corrected chi connectivity index (χ1v) is 10.0. The Balaban J connectivity index is 2.33. The molecule has 0 aliphatic rings. The van der Waals surface area contributed by atoms with Crippen molar-refractivity contribution in [3.05, 3.63) is 53.6 Å². The van der Waals surface area contributed by atoms with E-state index < -0.39 is 17.9 Å². The molecular weight excluding hydrogens is 386 g/mol. The Morgan fingerprint density at radius 3 is 1.97 bits per heavy atom. The van der Waals surface area contributed by atoms with Crippen molar-refractivity contribution in [2.75, 3.05) is 26.9 Å². The van der Waals surface area contributed by atoms with Gasteiger partial charge < -0.3 is 24.3 Å². The van der Waals surface area contributed by atoms with Gasteiger partial charge in [-0.05, 0) is 38.5 Å². The molecule has 0 unspecified atom stereocenters. The maximum atomic E-state index is 13.0. The zero-order valence-corrected chi connectivity index (χ0v) is 17.9. The molecule has 0 fully saturated rings. The number of benzene rings is 2. The molecule has 0 heterocycles. The summed E-state index contributed by atoms with van der Waals surface area (Å²) >= 11 is 0. The molecule has 0 aliphatic carbocycles. The van der Waals surface area contributed by atoms with E-state index in [2.05, 4.69) is 5.32 Å². The van der Waals surface area contributed by atoms with Gasteiger partial charge in [0.1, 0.15) is 6.04 Å². The summed E-state index contributed by atoms with van der Waals surface area (Å²) in [4.78, 5) is 25.2. The molecule has 7 nitrogen and oxygen atoms in total. The summed E-state index contributed by atoms with van der Waals surface area (Å²) in [6, 6.07) is 11.8. The van der Waals surface area contributed by atoms with Crippen molar-refractivity contribution in [2.24, 2.45) is 0 Å². The number of methoxy groups -OCH3 is 1. The molecule has 0 spiro atoms. The first-order valence-electron chi connectivity index (χ1n) is 10.0. The van der Waals surface area contributed by atoms with E-state index in [0.717, 1.165) is 5.56 Å². The number of carbonyl (C=O) groups is 2. The number of hydrogen-bond donors (Lipinski definition) is 1. The first-order chi connectivity index (χ1) is 14.5. The highest BCUT2D eigenvalue weighted by Crippen LogP contribution is 2.39. The molecule has 1 N–H and O–H groups in total. The number of hydrogen-bond acceptors (Lipinski definition) is 6. The third-order valence-corrected chi connectivity index (χ3v) is 4.24. The SMILES string of the molecule is CCOc1cc(C(=O)N[C@@H](Cc2ccccc2)C(=O)OC)cc(OCC)c1OCC. The first kappa shape index (κ1) is 23.1.